The van der Waals surface area contributed by atoms with E-state index in [-0.39, 0.29) is 16.7 Å². The van der Waals surface area contributed by atoms with Crippen LogP contribution in [0.25, 0.3) is 0 Å². The number of esters is 1. The Morgan fingerprint density at radius 2 is 2.05 bits per heavy atom. The summed E-state index contributed by atoms with van der Waals surface area (Å²) in [6.07, 6.45) is 0. The van der Waals surface area contributed by atoms with Gasteiger partial charge in [-0.05, 0) is 24.3 Å². The smallest absolute Gasteiger partial charge is 0.330 e. The molecule has 20 heavy (non-hydrogen) atoms. The van der Waals surface area contributed by atoms with E-state index in [1.807, 2.05) is 0 Å². The number of aliphatic imine (C=N–C) groups is 1. The highest BCUT2D eigenvalue weighted by atomic mass is 35.5. The van der Waals surface area contributed by atoms with E-state index in [0.29, 0.717) is 10.6 Å². The third-order valence-electron chi connectivity index (χ3n) is 2.60. The molecule has 0 saturated carbocycles. The number of halogens is 1. The number of thiocarbonyl (C=S) groups is 1. The molecule has 0 spiro atoms. The maximum absolute atomic E-state index is 12.0. The van der Waals surface area contributed by atoms with Crippen molar-refractivity contribution in [1.82, 2.24) is 20.6 Å². The summed E-state index contributed by atoms with van der Waals surface area (Å²) in [7, 11) is 0. The van der Waals surface area contributed by atoms with E-state index in [1.165, 1.54) is 0 Å². The lowest BCUT2D eigenvalue weighted by Crippen LogP contribution is -2.31. The third-order valence-corrected chi connectivity index (χ3v) is 3.18. The lowest BCUT2D eigenvalue weighted by atomic mass is 10.1. The zero-order valence-electron chi connectivity index (χ0n) is 9.78. The van der Waals surface area contributed by atoms with E-state index in [9.17, 15) is 4.79 Å². The number of aromatic nitrogens is 4. The van der Waals surface area contributed by atoms with E-state index in [4.69, 9.17) is 28.6 Å². The van der Waals surface area contributed by atoms with Crippen molar-refractivity contribution in [3.05, 3.63) is 40.7 Å². The van der Waals surface area contributed by atoms with Gasteiger partial charge >= 0.3 is 5.97 Å². The van der Waals surface area contributed by atoms with Gasteiger partial charge in [-0.15, -0.1) is 10.2 Å². The van der Waals surface area contributed by atoms with E-state index in [2.05, 4.69) is 25.6 Å². The largest absolute Gasteiger partial charge is 0.406 e. The Labute approximate surface area is 123 Å². The fraction of sp³-hybridized carbons (Fsp3) is 0.0909. The van der Waals surface area contributed by atoms with Crippen LogP contribution in [0, 0.1) is 0 Å². The lowest BCUT2D eigenvalue weighted by Gasteiger charge is -2.18. The van der Waals surface area contributed by atoms with Gasteiger partial charge in [0, 0.05) is 10.6 Å². The molecule has 1 aliphatic heterocycles. The molecule has 1 atom stereocenters. The summed E-state index contributed by atoms with van der Waals surface area (Å²) in [5.41, 5.74) is 0.608. The van der Waals surface area contributed by atoms with Crippen molar-refractivity contribution in [3.63, 3.8) is 0 Å². The molecule has 9 heteroatoms. The topological polar surface area (TPSA) is 93.1 Å². The fourth-order valence-corrected chi connectivity index (χ4v) is 2.08. The molecule has 0 radical (unpaired) electrons. The molecular formula is C11H6ClN5O2S. The van der Waals surface area contributed by atoms with E-state index in [1.54, 1.807) is 24.3 Å². The Kier molecular flexibility index (Phi) is 3.25. The zero-order chi connectivity index (χ0) is 14.1. The van der Waals surface area contributed by atoms with Crippen LogP contribution < -0.4 is 0 Å². The number of ether oxygens (including phenoxy) is 1. The van der Waals surface area contributed by atoms with Crippen molar-refractivity contribution in [2.75, 3.05) is 0 Å². The van der Waals surface area contributed by atoms with Gasteiger partial charge in [-0.3, -0.25) is 4.79 Å². The summed E-state index contributed by atoms with van der Waals surface area (Å²) in [6.45, 7) is 0. The maximum atomic E-state index is 12.0. The van der Waals surface area contributed by atoms with Crippen LogP contribution in [0.4, 0.5) is 0 Å². The van der Waals surface area contributed by atoms with Gasteiger partial charge in [-0.1, -0.05) is 29.0 Å². The Morgan fingerprint density at radius 1 is 1.30 bits per heavy atom. The van der Waals surface area contributed by atoms with E-state index < -0.39 is 11.9 Å². The normalized spacial score (nSPS) is 18.6. The molecule has 1 unspecified atom stereocenters. The number of H-pyrrole nitrogens is 1. The van der Waals surface area contributed by atoms with Crippen molar-refractivity contribution < 1.29 is 9.53 Å². The van der Waals surface area contributed by atoms with Crippen molar-refractivity contribution in [2.45, 2.75) is 5.92 Å². The number of nitrogens with one attached hydrogen (secondary N) is 1. The molecule has 0 fully saturated rings. The lowest BCUT2D eigenvalue weighted by molar-refractivity contribution is -0.136. The van der Waals surface area contributed by atoms with Gasteiger partial charge < -0.3 is 4.74 Å². The summed E-state index contributed by atoms with van der Waals surface area (Å²) in [6, 6.07) is 6.71. The van der Waals surface area contributed by atoms with Crippen molar-refractivity contribution in [2.24, 2.45) is 4.99 Å². The number of nitrogens with zero attached hydrogens (tertiary/aromatic N) is 4. The second kappa shape index (κ2) is 5.06. The van der Waals surface area contributed by atoms with Crippen molar-refractivity contribution in [1.29, 1.82) is 0 Å². The number of carbonyl (C=O) groups excluding carboxylic acids is 1. The quantitative estimate of drug-likeness (QED) is 0.663. The van der Waals surface area contributed by atoms with Gasteiger partial charge in [0.25, 0.3) is 0 Å². The zero-order valence-corrected chi connectivity index (χ0v) is 11.4. The van der Waals surface area contributed by atoms with Crippen LogP contribution >= 0.6 is 23.8 Å². The second-order valence-electron chi connectivity index (χ2n) is 3.89. The predicted octanol–water partition coefficient (Wildman–Crippen LogP) is 1.27. The predicted molar refractivity (Wildman–Crippen MR) is 73.6 cm³/mol. The van der Waals surface area contributed by atoms with Crippen LogP contribution in [-0.2, 0) is 9.53 Å². The maximum Gasteiger partial charge on any atom is 0.330 e. The summed E-state index contributed by atoms with van der Waals surface area (Å²) >= 11 is 10.9. The highest BCUT2D eigenvalue weighted by molar-refractivity contribution is 7.80. The van der Waals surface area contributed by atoms with Gasteiger partial charge in [0.15, 0.2) is 11.7 Å². The number of carbonyl (C=O) groups is 1. The standard InChI is InChI=1S/C11H6ClN5O2S/c12-6-3-1-5(2-4-6)9-13-10(20)7(11(18)19-9)8-14-16-17-15-8/h1-4,7H,(H,14,15,16,17). The molecule has 0 saturated heterocycles. The number of rotatable bonds is 2. The molecule has 2 heterocycles. The molecule has 1 N–H and O–H groups in total. The first kappa shape index (κ1) is 12.8. The number of cyclic esters (lactones) is 1. The molecule has 100 valence electrons. The number of tetrazole rings is 1. The van der Waals surface area contributed by atoms with Crippen LogP contribution in [0.15, 0.2) is 29.3 Å². The number of aromatic amines is 1. The highest BCUT2D eigenvalue weighted by Crippen LogP contribution is 2.22. The summed E-state index contributed by atoms with van der Waals surface area (Å²) < 4.78 is 5.18. The molecule has 0 bridgehead atoms. The van der Waals surface area contributed by atoms with Gasteiger partial charge in [0.2, 0.25) is 5.90 Å². The monoisotopic (exact) mass is 307 g/mol. The van der Waals surface area contributed by atoms with Crippen LogP contribution in [0.2, 0.25) is 5.02 Å². The van der Waals surface area contributed by atoms with Gasteiger partial charge in [-0.2, -0.15) is 5.21 Å². The molecule has 1 aromatic heterocycles. The van der Waals surface area contributed by atoms with Crippen molar-refractivity contribution in [3.8, 4) is 0 Å². The molecule has 0 aliphatic carbocycles. The minimum Gasteiger partial charge on any atom is -0.406 e. The summed E-state index contributed by atoms with van der Waals surface area (Å²) in [5.74, 6) is -1.23. The van der Waals surface area contributed by atoms with E-state index in [0.717, 1.165) is 0 Å². The van der Waals surface area contributed by atoms with Crippen LogP contribution in [0.5, 0.6) is 0 Å². The minimum absolute atomic E-state index is 0.132. The molecule has 1 aliphatic rings. The van der Waals surface area contributed by atoms with Crippen LogP contribution in [-0.4, -0.2) is 37.5 Å². The Hall–Kier alpha value is -2.19. The molecule has 1 aromatic carbocycles. The number of hydrogen-bond donors (Lipinski definition) is 1. The average Bonchev–Trinajstić information content (AvgIpc) is 2.92. The average molecular weight is 308 g/mol. The van der Waals surface area contributed by atoms with E-state index >= 15 is 0 Å². The van der Waals surface area contributed by atoms with Gasteiger partial charge in [0.1, 0.15) is 4.99 Å². The van der Waals surface area contributed by atoms with Gasteiger partial charge in [0.05, 0.1) is 0 Å². The van der Waals surface area contributed by atoms with Crippen LogP contribution in [0.3, 0.4) is 0 Å². The first-order valence-electron chi connectivity index (χ1n) is 5.48. The molecular weight excluding hydrogens is 302 g/mol. The Morgan fingerprint density at radius 3 is 2.65 bits per heavy atom. The SMILES string of the molecule is O=C1OC(c2ccc(Cl)cc2)=NC(=S)C1c1nn[nH]n1. The first-order valence-corrected chi connectivity index (χ1v) is 6.27. The Bertz CT molecular complexity index is 698. The van der Waals surface area contributed by atoms with Crippen molar-refractivity contribution >= 4 is 40.7 Å². The highest BCUT2D eigenvalue weighted by Gasteiger charge is 2.36. The van der Waals surface area contributed by atoms with Gasteiger partial charge in [-0.25, -0.2) is 4.99 Å². The minimum atomic E-state index is -0.917. The molecule has 3 rings (SSSR count). The molecule has 0 amide bonds. The summed E-state index contributed by atoms with van der Waals surface area (Å²) in [4.78, 5) is 16.3. The third kappa shape index (κ3) is 2.30. The summed E-state index contributed by atoms with van der Waals surface area (Å²) in [5, 5.41) is 13.7. The molecule has 7 nitrogen and oxygen atoms in total. The number of hydrogen-bond acceptors (Lipinski definition) is 6. The fourth-order valence-electron chi connectivity index (χ4n) is 1.67. The second-order valence-corrected chi connectivity index (χ2v) is 4.74. The molecule has 2 aromatic rings. The van der Waals surface area contributed by atoms with Crippen LogP contribution in [0.1, 0.15) is 17.3 Å². The number of benzene rings is 1. The Balaban J connectivity index is 1.94. The first-order chi connectivity index (χ1) is 9.65.